The molecule has 0 saturated heterocycles. The zero-order valence-electron chi connectivity index (χ0n) is 11.4. The Morgan fingerprint density at radius 1 is 1.52 bits per heavy atom. The Balaban J connectivity index is 2.20. The number of alkyl halides is 2. The lowest BCUT2D eigenvalue weighted by Crippen LogP contribution is -2.25. The van der Waals surface area contributed by atoms with Crippen LogP contribution in [0.5, 0.6) is 5.06 Å². The number of hydrogen-bond donors (Lipinski definition) is 3. The van der Waals surface area contributed by atoms with Gasteiger partial charge in [-0.3, -0.25) is 19.4 Å². The third-order valence-corrected chi connectivity index (χ3v) is 3.26. The Bertz CT molecular complexity index is 885. The van der Waals surface area contributed by atoms with E-state index in [9.17, 15) is 28.3 Å². The summed E-state index contributed by atoms with van der Waals surface area (Å²) in [4.78, 5) is 35.5. The van der Waals surface area contributed by atoms with Gasteiger partial charge >= 0.3 is 11.4 Å². The van der Waals surface area contributed by atoms with Gasteiger partial charge in [0, 0.05) is 6.20 Å². The molecule has 9 nitrogen and oxygen atoms in total. The minimum absolute atomic E-state index is 0.0818. The van der Waals surface area contributed by atoms with E-state index in [4.69, 9.17) is 0 Å². The van der Waals surface area contributed by atoms with Crippen molar-refractivity contribution in [1.82, 2.24) is 20.2 Å². The van der Waals surface area contributed by atoms with Gasteiger partial charge in [0.05, 0.1) is 5.71 Å². The van der Waals surface area contributed by atoms with Crippen molar-refractivity contribution < 1.29 is 18.7 Å². The number of aromatic amines is 1. The van der Waals surface area contributed by atoms with E-state index < -0.39 is 28.0 Å². The van der Waals surface area contributed by atoms with Crippen molar-refractivity contribution in [1.29, 1.82) is 0 Å². The highest BCUT2D eigenvalue weighted by atomic mass is 32.1. The maximum Gasteiger partial charge on any atom is 0.333 e. The molecule has 1 amide bonds. The number of carbonyl (C=O) groups excluding carboxylic acids is 1. The number of aromatic nitrogens is 3. The Kier molecular flexibility index (Phi) is 4.64. The first-order valence-electron chi connectivity index (χ1n) is 5.94. The molecular weight excluding hydrogens is 336 g/mol. The lowest BCUT2D eigenvalue weighted by molar-refractivity contribution is 0.0560. The maximum atomic E-state index is 12.4. The zero-order chi connectivity index (χ0) is 17.1. The summed E-state index contributed by atoms with van der Waals surface area (Å²) >= 11 is 0.390. The summed E-state index contributed by atoms with van der Waals surface area (Å²) in [5.74, 6) is -0.885. The number of amides is 1. The molecule has 122 valence electrons. The standard InChI is InChI=1S/C11H9F2N5O4S/c1-4(6-8(20)14-11(22)23-9(6)21)15-16-7(19)5-2-3-18(17-5)10(12)13/h2-3,10,21H,1H3,(H,16,19)(H,14,20,22)/b15-4-. The monoisotopic (exact) mass is 345 g/mol. The van der Waals surface area contributed by atoms with Gasteiger partial charge in [0.15, 0.2) is 10.8 Å². The van der Waals surface area contributed by atoms with Crippen molar-refractivity contribution in [2.75, 3.05) is 0 Å². The van der Waals surface area contributed by atoms with Crippen LogP contribution in [0.1, 0.15) is 29.5 Å². The number of nitrogens with one attached hydrogen (secondary N) is 2. The molecule has 0 spiro atoms. The summed E-state index contributed by atoms with van der Waals surface area (Å²) in [6, 6.07) is 1.06. The van der Waals surface area contributed by atoms with Gasteiger partial charge in [-0.25, -0.2) is 10.1 Å². The Labute approximate surface area is 129 Å². The average molecular weight is 345 g/mol. The van der Waals surface area contributed by atoms with Crippen molar-refractivity contribution in [3.63, 3.8) is 0 Å². The van der Waals surface area contributed by atoms with E-state index in [1.54, 1.807) is 0 Å². The van der Waals surface area contributed by atoms with Gasteiger partial charge in [-0.1, -0.05) is 0 Å². The van der Waals surface area contributed by atoms with Crippen LogP contribution in [-0.4, -0.2) is 31.5 Å². The predicted octanol–water partition coefficient (Wildman–Crippen LogP) is 0.248. The van der Waals surface area contributed by atoms with Gasteiger partial charge in [0.2, 0.25) is 0 Å². The summed E-state index contributed by atoms with van der Waals surface area (Å²) in [6.45, 7) is -1.58. The van der Waals surface area contributed by atoms with Gasteiger partial charge in [-0.15, -0.1) is 0 Å². The molecule has 2 aromatic rings. The molecule has 2 rings (SSSR count). The van der Waals surface area contributed by atoms with E-state index in [-0.39, 0.29) is 21.7 Å². The number of hydrogen-bond acceptors (Lipinski definition) is 7. The summed E-state index contributed by atoms with van der Waals surface area (Å²) < 4.78 is 25.0. The smallest absolute Gasteiger partial charge is 0.333 e. The lowest BCUT2D eigenvalue weighted by Gasteiger charge is -2.02. The number of rotatable bonds is 4. The van der Waals surface area contributed by atoms with Crippen molar-refractivity contribution in [2.24, 2.45) is 5.10 Å². The highest BCUT2D eigenvalue weighted by Crippen LogP contribution is 2.15. The molecule has 0 fully saturated rings. The summed E-state index contributed by atoms with van der Waals surface area (Å²) in [5.41, 5.74) is 0.464. The second-order valence-corrected chi connectivity index (χ2v) is 5.08. The normalized spacial score (nSPS) is 11.7. The zero-order valence-corrected chi connectivity index (χ0v) is 12.2. The van der Waals surface area contributed by atoms with Crippen LogP contribution in [0.3, 0.4) is 0 Å². The quantitative estimate of drug-likeness (QED) is 0.540. The number of hydrazone groups is 1. The third-order valence-electron chi connectivity index (χ3n) is 2.57. The first-order valence-corrected chi connectivity index (χ1v) is 6.76. The highest BCUT2D eigenvalue weighted by Gasteiger charge is 2.15. The molecule has 12 heteroatoms. The van der Waals surface area contributed by atoms with Gasteiger partial charge in [0.1, 0.15) is 5.56 Å². The number of aromatic hydroxyl groups is 1. The minimum Gasteiger partial charge on any atom is -0.499 e. The molecule has 23 heavy (non-hydrogen) atoms. The highest BCUT2D eigenvalue weighted by molar-refractivity contribution is 7.11. The van der Waals surface area contributed by atoms with Gasteiger partial charge in [-0.05, 0) is 24.3 Å². The summed E-state index contributed by atoms with van der Waals surface area (Å²) in [6.07, 6.45) is 0.918. The van der Waals surface area contributed by atoms with Gasteiger partial charge < -0.3 is 5.11 Å². The Morgan fingerprint density at radius 3 is 2.78 bits per heavy atom. The van der Waals surface area contributed by atoms with Crippen LogP contribution < -0.4 is 15.9 Å². The largest absolute Gasteiger partial charge is 0.499 e. The van der Waals surface area contributed by atoms with E-state index in [1.807, 2.05) is 10.4 Å². The summed E-state index contributed by atoms with van der Waals surface area (Å²) in [5, 5.41) is 16.0. The van der Waals surface area contributed by atoms with Crippen molar-refractivity contribution >= 4 is 23.0 Å². The van der Waals surface area contributed by atoms with Crippen LogP contribution in [-0.2, 0) is 0 Å². The van der Waals surface area contributed by atoms with E-state index in [1.165, 1.54) is 6.92 Å². The van der Waals surface area contributed by atoms with Crippen molar-refractivity contribution in [3.05, 3.63) is 43.5 Å². The predicted molar refractivity (Wildman–Crippen MR) is 76.0 cm³/mol. The van der Waals surface area contributed by atoms with E-state index in [2.05, 4.69) is 10.2 Å². The molecule has 0 unspecified atom stereocenters. The molecule has 0 bridgehead atoms. The second kappa shape index (κ2) is 6.48. The van der Waals surface area contributed by atoms with Crippen LogP contribution in [0, 0.1) is 0 Å². The molecule has 0 aromatic carbocycles. The Morgan fingerprint density at radius 2 is 2.22 bits per heavy atom. The van der Waals surface area contributed by atoms with Crippen molar-refractivity contribution in [3.8, 4) is 5.06 Å². The van der Waals surface area contributed by atoms with Crippen LogP contribution in [0.2, 0.25) is 0 Å². The SMILES string of the molecule is C/C(=N/NC(=O)c1ccn(C(F)F)n1)c1c(O)sc(=O)[nH]c1=O. The van der Waals surface area contributed by atoms with Crippen LogP contribution in [0.15, 0.2) is 27.0 Å². The van der Waals surface area contributed by atoms with Crippen molar-refractivity contribution in [2.45, 2.75) is 13.5 Å². The number of carbonyl (C=O) groups is 1. The molecule has 0 aliphatic rings. The number of H-pyrrole nitrogens is 1. The topological polar surface area (TPSA) is 129 Å². The fourth-order valence-electron chi connectivity index (χ4n) is 1.55. The van der Waals surface area contributed by atoms with Gasteiger partial charge in [0.25, 0.3) is 11.5 Å². The number of halogens is 2. The molecule has 0 radical (unpaired) electrons. The molecule has 0 atom stereocenters. The maximum absolute atomic E-state index is 12.4. The molecule has 0 aliphatic carbocycles. The molecule has 3 N–H and O–H groups in total. The molecule has 2 heterocycles. The fraction of sp³-hybridized carbons (Fsp3) is 0.182. The summed E-state index contributed by atoms with van der Waals surface area (Å²) in [7, 11) is 0. The second-order valence-electron chi connectivity index (χ2n) is 4.12. The first kappa shape index (κ1) is 16.5. The average Bonchev–Trinajstić information content (AvgIpc) is 2.93. The molecular formula is C11H9F2N5O4S. The Hall–Kier alpha value is -2.89. The van der Waals surface area contributed by atoms with E-state index in [0.29, 0.717) is 11.3 Å². The van der Waals surface area contributed by atoms with Crippen LogP contribution >= 0.6 is 11.3 Å². The minimum atomic E-state index is -2.88. The molecule has 0 aliphatic heterocycles. The van der Waals surface area contributed by atoms with E-state index in [0.717, 1.165) is 12.3 Å². The van der Waals surface area contributed by atoms with E-state index >= 15 is 0 Å². The van der Waals surface area contributed by atoms with Gasteiger partial charge in [-0.2, -0.15) is 19.0 Å². The third kappa shape index (κ3) is 3.66. The molecule has 2 aromatic heterocycles. The fourth-order valence-corrected chi connectivity index (χ4v) is 2.21. The molecule has 0 saturated carbocycles. The van der Waals surface area contributed by atoms with Crippen LogP contribution in [0.25, 0.3) is 0 Å². The number of nitrogens with zero attached hydrogens (tertiary/aromatic N) is 3. The van der Waals surface area contributed by atoms with Crippen LogP contribution in [0.4, 0.5) is 8.78 Å². The first-order chi connectivity index (χ1) is 10.8. The lowest BCUT2D eigenvalue weighted by atomic mass is 10.2.